The predicted molar refractivity (Wildman–Crippen MR) is 70.4 cm³/mol. The summed E-state index contributed by atoms with van der Waals surface area (Å²) >= 11 is 6.03. The van der Waals surface area contributed by atoms with Gasteiger partial charge >= 0.3 is 0 Å². The Labute approximate surface area is 113 Å². The zero-order chi connectivity index (χ0) is 13.3. The fourth-order valence-electron chi connectivity index (χ4n) is 2.18. The van der Waals surface area contributed by atoms with E-state index in [4.69, 9.17) is 16.3 Å². The number of ether oxygens (including phenoxy) is 1. The minimum atomic E-state index is -3.52. The van der Waals surface area contributed by atoms with E-state index >= 15 is 0 Å². The van der Waals surface area contributed by atoms with Crippen molar-refractivity contribution in [2.45, 2.75) is 24.3 Å². The van der Waals surface area contributed by atoms with E-state index < -0.39 is 10.0 Å². The first-order valence-corrected chi connectivity index (χ1v) is 7.56. The summed E-state index contributed by atoms with van der Waals surface area (Å²) in [5, 5.41) is 0.274. The topological polar surface area (TPSA) is 46.6 Å². The summed E-state index contributed by atoms with van der Waals surface area (Å²) in [6.45, 7) is 2.62. The van der Waals surface area contributed by atoms with E-state index in [1.807, 2.05) is 0 Å². The molecule has 1 aliphatic rings. The molecule has 2 rings (SSSR count). The number of nitrogens with zero attached hydrogens (tertiary/aromatic N) is 1. The summed E-state index contributed by atoms with van der Waals surface area (Å²) in [4.78, 5) is 0.211. The fraction of sp³-hybridized carbons (Fsp3) is 0.500. The molecule has 0 radical (unpaired) electrons. The zero-order valence-corrected chi connectivity index (χ0v) is 12.0. The smallest absolute Gasteiger partial charge is 0.244 e. The van der Waals surface area contributed by atoms with Crippen molar-refractivity contribution in [1.29, 1.82) is 0 Å². The van der Waals surface area contributed by atoms with Gasteiger partial charge in [-0.05, 0) is 25.0 Å². The van der Waals surface area contributed by atoms with Crippen LogP contribution in [-0.4, -0.2) is 39.0 Å². The Bertz CT molecular complexity index is 524. The van der Waals surface area contributed by atoms with Gasteiger partial charge in [-0.25, -0.2) is 8.42 Å². The standard InChI is InChI=1S/C12H16ClNO3S/c1-9-4-3-5-11(13)12(9)18(15,16)14-7-6-10(8-14)17-2/h3-5,10H,6-8H2,1-2H3. The van der Waals surface area contributed by atoms with Crippen LogP contribution in [-0.2, 0) is 14.8 Å². The highest BCUT2D eigenvalue weighted by Gasteiger charge is 2.34. The monoisotopic (exact) mass is 289 g/mol. The molecule has 1 atom stereocenters. The largest absolute Gasteiger partial charge is 0.380 e. The lowest BCUT2D eigenvalue weighted by molar-refractivity contribution is 0.115. The van der Waals surface area contributed by atoms with E-state index in [0.717, 1.165) is 6.42 Å². The van der Waals surface area contributed by atoms with Crippen LogP contribution in [0.1, 0.15) is 12.0 Å². The molecule has 0 aromatic heterocycles. The number of aryl methyl sites for hydroxylation is 1. The maximum Gasteiger partial charge on any atom is 0.244 e. The summed E-state index contributed by atoms with van der Waals surface area (Å²) in [7, 11) is -1.92. The number of hydrogen-bond acceptors (Lipinski definition) is 3. The zero-order valence-electron chi connectivity index (χ0n) is 10.4. The first kappa shape index (κ1) is 13.8. The molecule has 0 N–H and O–H groups in total. The van der Waals surface area contributed by atoms with Crippen LogP contribution in [0.25, 0.3) is 0 Å². The molecule has 6 heteroatoms. The Hall–Kier alpha value is -0.620. The van der Waals surface area contributed by atoms with Crippen molar-refractivity contribution in [3.63, 3.8) is 0 Å². The minimum absolute atomic E-state index is 0.0254. The number of halogens is 1. The third kappa shape index (κ3) is 2.40. The molecule has 0 bridgehead atoms. The summed E-state index contributed by atoms with van der Waals surface area (Å²) in [5.74, 6) is 0. The van der Waals surface area contributed by atoms with Gasteiger partial charge in [0.2, 0.25) is 10.0 Å². The first-order chi connectivity index (χ1) is 8.46. The van der Waals surface area contributed by atoms with Gasteiger partial charge < -0.3 is 4.74 Å². The molecule has 1 aromatic carbocycles. The number of sulfonamides is 1. The van der Waals surface area contributed by atoms with Gasteiger partial charge in [0.25, 0.3) is 0 Å². The van der Waals surface area contributed by atoms with E-state index in [0.29, 0.717) is 18.7 Å². The number of benzene rings is 1. The van der Waals surface area contributed by atoms with Gasteiger partial charge in [-0.15, -0.1) is 0 Å². The molecular weight excluding hydrogens is 274 g/mol. The molecule has 1 unspecified atom stereocenters. The molecule has 1 aromatic rings. The van der Waals surface area contributed by atoms with Crippen LogP contribution in [0.2, 0.25) is 5.02 Å². The molecule has 100 valence electrons. The Balaban J connectivity index is 2.38. The van der Waals surface area contributed by atoms with Crippen LogP contribution in [0.3, 0.4) is 0 Å². The van der Waals surface area contributed by atoms with Crippen molar-refractivity contribution in [3.8, 4) is 0 Å². The normalized spacial score (nSPS) is 21.4. The van der Waals surface area contributed by atoms with E-state index in [9.17, 15) is 8.42 Å². The second-order valence-corrected chi connectivity index (χ2v) is 6.68. The SMILES string of the molecule is COC1CCN(S(=O)(=O)c2c(C)cccc2Cl)C1. The van der Waals surface area contributed by atoms with Crippen LogP contribution >= 0.6 is 11.6 Å². The highest BCUT2D eigenvalue weighted by Crippen LogP contribution is 2.30. The Morgan fingerprint density at radius 3 is 2.72 bits per heavy atom. The van der Waals surface area contributed by atoms with Gasteiger partial charge in [0.05, 0.1) is 11.1 Å². The molecular formula is C12H16ClNO3S. The minimum Gasteiger partial charge on any atom is -0.380 e. The summed E-state index contributed by atoms with van der Waals surface area (Å²) in [5.41, 5.74) is 0.670. The summed E-state index contributed by atoms with van der Waals surface area (Å²) in [6, 6.07) is 5.10. The van der Waals surface area contributed by atoms with Gasteiger partial charge in [0.15, 0.2) is 0 Å². The van der Waals surface area contributed by atoms with Crippen molar-refractivity contribution in [2.75, 3.05) is 20.2 Å². The van der Waals surface area contributed by atoms with E-state index in [-0.39, 0.29) is 16.0 Å². The Morgan fingerprint density at radius 1 is 1.44 bits per heavy atom. The van der Waals surface area contributed by atoms with Gasteiger partial charge in [0.1, 0.15) is 4.90 Å². The fourth-order valence-corrected chi connectivity index (χ4v) is 4.45. The number of methoxy groups -OCH3 is 1. The quantitative estimate of drug-likeness (QED) is 0.856. The second kappa shape index (κ2) is 5.17. The molecule has 1 fully saturated rings. The molecule has 18 heavy (non-hydrogen) atoms. The summed E-state index contributed by atoms with van der Waals surface area (Å²) in [6.07, 6.45) is 0.696. The molecule has 0 aliphatic carbocycles. The van der Waals surface area contributed by atoms with Crippen LogP contribution < -0.4 is 0 Å². The summed E-state index contributed by atoms with van der Waals surface area (Å²) < 4.78 is 31.7. The lowest BCUT2D eigenvalue weighted by Crippen LogP contribution is -2.30. The van der Waals surface area contributed by atoms with Gasteiger partial charge in [-0.2, -0.15) is 4.31 Å². The van der Waals surface area contributed by atoms with Crippen molar-refractivity contribution in [2.24, 2.45) is 0 Å². The van der Waals surface area contributed by atoms with Crippen molar-refractivity contribution in [3.05, 3.63) is 28.8 Å². The highest BCUT2D eigenvalue weighted by molar-refractivity contribution is 7.89. The predicted octanol–water partition coefficient (Wildman–Crippen LogP) is 2.06. The maximum atomic E-state index is 12.5. The molecule has 0 saturated carbocycles. The first-order valence-electron chi connectivity index (χ1n) is 5.75. The molecule has 4 nitrogen and oxygen atoms in total. The van der Waals surface area contributed by atoms with Crippen LogP contribution in [0.15, 0.2) is 23.1 Å². The molecule has 1 heterocycles. The lowest BCUT2D eigenvalue weighted by Gasteiger charge is -2.18. The number of rotatable bonds is 3. The lowest BCUT2D eigenvalue weighted by atomic mass is 10.2. The third-order valence-corrected chi connectivity index (χ3v) is 5.70. The van der Waals surface area contributed by atoms with Crippen LogP contribution in [0.4, 0.5) is 0 Å². The molecule has 0 spiro atoms. The van der Waals surface area contributed by atoms with E-state index in [1.54, 1.807) is 32.2 Å². The average molecular weight is 290 g/mol. The van der Waals surface area contributed by atoms with Gasteiger partial charge in [-0.3, -0.25) is 0 Å². The number of hydrogen-bond donors (Lipinski definition) is 0. The molecule has 1 aliphatic heterocycles. The second-order valence-electron chi connectivity index (χ2n) is 4.40. The van der Waals surface area contributed by atoms with Crippen molar-refractivity contribution in [1.82, 2.24) is 4.31 Å². The molecule has 0 amide bonds. The van der Waals surface area contributed by atoms with Crippen LogP contribution in [0, 0.1) is 6.92 Å². The Morgan fingerprint density at radius 2 is 2.17 bits per heavy atom. The highest BCUT2D eigenvalue weighted by atomic mass is 35.5. The van der Waals surface area contributed by atoms with E-state index in [1.165, 1.54) is 4.31 Å². The van der Waals surface area contributed by atoms with Gasteiger partial charge in [0, 0.05) is 20.2 Å². The Kier molecular flexibility index (Phi) is 3.96. The molecule has 1 saturated heterocycles. The maximum absolute atomic E-state index is 12.5. The van der Waals surface area contributed by atoms with Gasteiger partial charge in [-0.1, -0.05) is 23.7 Å². The third-order valence-electron chi connectivity index (χ3n) is 3.20. The van der Waals surface area contributed by atoms with Crippen molar-refractivity contribution < 1.29 is 13.2 Å². The van der Waals surface area contributed by atoms with E-state index in [2.05, 4.69) is 0 Å². The average Bonchev–Trinajstić information content (AvgIpc) is 2.77. The van der Waals surface area contributed by atoms with Crippen LogP contribution in [0.5, 0.6) is 0 Å². The van der Waals surface area contributed by atoms with Crippen molar-refractivity contribution >= 4 is 21.6 Å².